The predicted octanol–water partition coefficient (Wildman–Crippen LogP) is 3.42. The van der Waals surface area contributed by atoms with E-state index >= 15 is 0 Å². The van der Waals surface area contributed by atoms with Gasteiger partial charge in [-0.05, 0) is 30.5 Å². The van der Waals surface area contributed by atoms with Crippen LogP contribution in [0.2, 0.25) is 0 Å². The second-order valence-electron chi connectivity index (χ2n) is 3.12. The maximum Gasteiger partial charge on any atom is 0.0935 e. The monoisotopic (exact) mass is 191 g/mol. The lowest BCUT2D eigenvalue weighted by Crippen LogP contribution is -1.79. The van der Waals surface area contributed by atoms with Crippen molar-refractivity contribution >= 4 is 21.6 Å². The zero-order valence-corrected chi connectivity index (χ0v) is 8.82. The van der Waals surface area contributed by atoms with Gasteiger partial charge < -0.3 is 0 Å². The number of thiazole rings is 1. The molecule has 0 aliphatic carbocycles. The van der Waals surface area contributed by atoms with Crippen molar-refractivity contribution in [1.29, 1.82) is 0 Å². The fourth-order valence-electron chi connectivity index (χ4n) is 1.39. The third-order valence-corrected chi connectivity index (χ3v) is 3.39. The minimum absolute atomic E-state index is 1.04. The molecule has 0 bridgehead atoms. The van der Waals surface area contributed by atoms with Crippen LogP contribution in [-0.4, -0.2) is 4.98 Å². The van der Waals surface area contributed by atoms with Crippen molar-refractivity contribution < 1.29 is 0 Å². The van der Waals surface area contributed by atoms with Gasteiger partial charge in [-0.15, -0.1) is 11.3 Å². The number of fused-ring (bicyclic) bond motifs is 1. The van der Waals surface area contributed by atoms with Crippen molar-refractivity contribution in [2.45, 2.75) is 26.7 Å². The highest BCUT2D eigenvalue weighted by Crippen LogP contribution is 2.23. The summed E-state index contributed by atoms with van der Waals surface area (Å²) < 4.78 is 1.31. The van der Waals surface area contributed by atoms with E-state index in [0.717, 1.165) is 12.8 Å². The van der Waals surface area contributed by atoms with E-state index in [2.05, 4.69) is 37.0 Å². The number of aryl methyl sites for hydroxylation is 2. The van der Waals surface area contributed by atoms with Gasteiger partial charge in [-0.2, -0.15) is 0 Å². The number of benzene rings is 1. The molecule has 2 aromatic rings. The molecule has 0 spiro atoms. The zero-order chi connectivity index (χ0) is 9.26. The Kier molecular flexibility index (Phi) is 2.32. The van der Waals surface area contributed by atoms with Crippen molar-refractivity contribution in [3.05, 3.63) is 28.8 Å². The first kappa shape index (κ1) is 8.70. The number of hydrogen-bond acceptors (Lipinski definition) is 2. The summed E-state index contributed by atoms with van der Waals surface area (Å²) in [5.41, 5.74) is 2.54. The van der Waals surface area contributed by atoms with E-state index in [0.29, 0.717) is 0 Å². The van der Waals surface area contributed by atoms with Crippen molar-refractivity contribution in [3.63, 3.8) is 0 Å². The van der Waals surface area contributed by atoms with E-state index in [9.17, 15) is 0 Å². The molecule has 0 radical (unpaired) electrons. The van der Waals surface area contributed by atoms with E-state index in [1.807, 2.05) is 0 Å². The molecular formula is C11H13NS. The SMILES string of the molecule is CCc1ccc2sc(CC)nc2c1. The van der Waals surface area contributed by atoms with Gasteiger partial charge >= 0.3 is 0 Å². The molecule has 0 aliphatic heterocycles. The van der Waals surface area contributed by atoms with Crippen LogP contribution in [0.15, 0.2) is 18.2 Å². The maximum absolute atomic E-state index is 4.56. The second kappa shape index (κ2) is 3.46. The Bertz CT molecular complexity index is 415. The normalized spacial score (nSPS) is 10.9. The van der Waals surface area contributed by atoms with Crippen molar-refractivity contribution in [1.82, 2.24) is 4.98 Å². The van der Waals surface area contributed by atoms with Gasteiger partial charge in [0, 0.05) is 0 Å². The maximum atomic E-state index is 4.56. The van der Waals surface area contributed by atoms with Gasteiger partial charge in [-0.1, -0.05) is 19.9 Å². The molecule has 2 heteroatoms. The van der Waals surface area contributed by atoms with Crippen LogP contribution in [-0.2, 0) is 12.8 Å². The van der Waals surface area contributed by atoms with Crippen molar-refractivity contribution in [3.8, 4) is 0 Å². The Morgan fingerprint density at radius 2 is 2.08 bits per heavy atom. The van der Waals surface area contributed by atoms with E-state index in [1.54, 1.807) is 11.3 Å². The molecule has 2 rings (SSSR count). The Morgan fingerprint density at radius 1 is 1.23 bits per heavy atom. The van der Waals surface area contributed by atoms with E-state index in [-0.39, 0.29) is 0 Å². The average molecular weight is 191 g/mol. The lowest BCUT2D eigenvalue weighted by molar-refractivity contribution is 1.10. The number of aromatic nitrogens is 1. The second-order valence-corrected chi connectivity index (χ2v) is 4.23. The van der Waals surface area contributed by atoms with Crippen LogP contribution in [0.1, 0.15) is 24.4 Å². The standard InChI is InChI=1S/C11H13NS/c1-3-8-5-6-10-9(7-8)12-11(4-2)13-10/h5-7H,3-4H2,1-2H3. The predicted molar refractivity (Wildman–Crippen MR) is 58.4 cm³/mol. The fraction of sp³-hybridized carbons (Fsp3) is 0.364. The lowest BCUT2D eigenvalue weighted by atomic mass is 10.2. The molecule has 0 saturated heterocycles. The van der Waals surface area contributed by atoms with Gasteiger partial charge in [0.25, 0.3) is 0 Å². The summed E-state index contributed by atoms with van der Waals surface area (Å²) in [6.07, 6.45) is 2.13. The average Bonchev–Trinajstić information content (AvgIpc) is 2.58. The summed E-state index contributed by atoms with van der Waals surface area (Å²) in [4.78, 5) is 4.56. The fourth-order valence-corrected chi connectivity index (χ4v) is 2.28. The molecule has 0 atom stereocenters. The summed E-state index contributed by atoms with van der Waals surface area (Å²) in [6, 6.07) is 6.58. The quantitative estimate of drug-likeness (QED) is 0.708. The third-order valence-electron chi connectivity index (χ3n) is 2.21. The van der Waals surface area contributed by atoms with E-state index < -0.39 is 0 Å². The van der Waals surface area contributed by atoms with Gasteiger partial charge in [0.2, 0.25) is 0 Å². The Morgan fingerprint density at radius 3 is 2.77 bits per heavy atom. The van der Waals surface area contributed by atoms with Gasteiger partial charge in [-0.25, -0.2) is 4.98 Å². The molecule has 0 N–H and O–H groups in total. The molecule has 1 heterocycles. The van der Waals surface area contributed by atoms with Gasteiger partial charge in [-0.3, -0.25) is 0 Å². The molecule has 68 valence electrons. The lowest BCUT2D eigenvalue weighted by Gasteiger charge is -1.93. The van der Waals surface area contributed by atoms with Crippen LogP contribution >= 0.6 is 11.3 Å². The smallest absolute Gasteiger partial charge is 0.0935 e. The van der Waals surface area contributed by atoms with E-state index in [4.69, 9.17) is 0 Å². The minimum atomic E-state index is 1.04. The highest BCUT2D eigenvalue weighted by atomic mass is 32.1. The van der Waals surface area contributed by atoms with Crippen molar-refractivity contribution in [2.75, 3.05) is 0 Å². The van der Waals surface area contributed by atoms with Crippen LogP contribution in [0.4, 0.5) is 0 Å². The molecule has 0 aliphatic rings. The summed E-state index contributed by atoms with van der Waals surface area (Å²) >= 11 is 1.81. The van der Waals surface area contributed by atoms with Crippen LogP contribution in [0, 0.1) is 0 Å². The summed E-state index contributed by atoms with van der Waals surface area (Å²) in [6.45, 7) is 4.33. The Hall–Kier alpha value is -0.890. The Labute approximate surface area is 82.4 Å². The number of nitrogens with zero attached hydrogens (tertiary/aromatic N) is 1. The van der Waals surface area contributed by atoms with Crippen LogP contribution in [0.5, 0.6) is 0 Å². The summed E-state index contributed by atoms with van der Waals surface area (Å²) in [5.74, 6) is 0. The molecule has 1 aromatic carbocycles. The zero-order valence-electron chi connectivity index (χ0n) is 8.00. The summed E-state index contributed by atoms with van der Waals surface area (Å²) in [7, 11) is 0. The largest absolute Gasteiger partial charge is 0.241 e. The van der Waals surface area contributed by atoms with Crippen LogP contribution in [0.25, 0.3) is 10.2 Å². The molecule has 13 heavy (non-hydrogen) atoms. The minimum Gasteiger partial charge on any atom is -0.241 e. The third kappa shape index (κ3) is 1.59. The first-order valence-corrected chi connectivity index (χ1v) is 5.53. The van der Waals surface area contributed by atoms with Gasteiger partial charge in [0.1, 0.15) is 0 Å². The molecule has 0 saturated carbocycles. The highest BCUT2D eigenvalue weighted by Gasteiger charge is 2.01. The number of hydrogen-bond donors (Lipinski definition) is 0. The number of rotatable bonds is 2. The molecular weight excluding hydrogens is 178 g/mol. The van der Waals surface area contributed by atoms with Gasteiger partial charge in [0.15, 0.2) is 0 Å². The van der Waals surface area contributed by atoms with E-state index in [1.165, 1.54) is 20.8 Å². The van der Waals surface area contributed by atoms with Crippen LogP contribution in [0.3, 0.4) is 0 Å². The first-order chi connectivity index (χ1) is 6.33. The van der Waals surface area contributed by atoms with Gasteiger partial charge in [0.05, 0.1) is 15.2 Å². The Balaban J connectivity index is 2.57. The highest BCUT2D eigenvalue weighted by molar-refractivity contribution is 7.18. The topological polar surface area (TPSA) is 12.9 Å². The summed E-state index contributed by atoms with van der Waals surface area (Å²) in [5, 5.41) is 1.24. The molecule has 0 fully saturated rings. The first-order valence-electron chi connectivity index (χ1n) is 4.71. The van der Waals surface area contributed by atoms with Crippen molar-refractivity contribution in [2.24, 2.45) is 0 Å². The molecule has 0 amide bonds. The molecule has 1 aromatic heterocycles. The molecule has 0 unspecified atom stereocenters. The van der Waals surface area contributed by atoms with Crippen LogP contribution < -0.4 is 0 Å². The molecule has 1 nitrogen and oxygen atoms in total.